The van der Waals surface area contributed by atoms with Crippen molar-refractivity contribution in [3.63, 3.8) is 0 Å². The molecule has 148 valence electrons. The standard InChI is InChI=1S/C19H16FN5O4/c1-11-7-12(2)9-15(8-11)29-19-16(25(27)28)17(21-10-22-19)23-24-18(26)13-3-5-14(20)6-4-13/h3-10H,1-2H3,(H,24,26)(H,21,22,23). The van der Waals surface area contributed by atoms with Crippen LogP contribution in [0.3, 0.4) is 0 Å². The van der Waals surface area contributed by atoms with Crippen LogP contribution in [-0.4, -0.2) is 20.8 Å². The molecule has 0 radical (unpaired) electrons. The Morgan fingerprint density at radius 1 is 1.10 bits per heavy atom. The predicted molar refractivity (Wildman–Crippen MR) is 102 cm³/mol. The first-order valence-corrected chi connectivity index (χ1v) is 8.41. The van der Waals surface area contributed by atoms with Gasteiger partial charge < -0.3 is 4.74 Å². The molecule has 0 spiro atoms. The van der Waals surface area contributed by atoms with Gasteiger partial charge in [-0.3, -0.25) is 25.8 Å². The van der Waals surface area contributed by atoms with Crippen LogP contribution in [0.5, 0.6) is 11.6 Å². The molecule has 0 saturated carbocycles. The molecule has 0 aliphatic rings. The highest BCUT2D eigenvalue weighted by molar-refractivity contribution is 5.94. The van der Waals surface area contributed by atoms with E-state index in [9.17, 15) is 19.3 Å². The number of anilines is 1. The topological polar surface area (TPSA) is 119 Å². The SMILES string of the molecule is Cc1cc(C)cc(Oc2ncnc(NNC(=O)c3ccc(F)cc3)c2[N+](=O)[O-])c1. The fourth-order valence-corrected chi connectivity index (χ4v) is 2.59. The second-order valence-corrected chi connectivity index (χ2v) is 6.14. The van der Waals surface area contributed by atoms with Gasteiger partial charge in [-0.05, 0) is 61.4 Å². The number of aryl methyl sites for hydroxylation is 2. The summed E-state index contributed by atoms with van der Waals surface area (Å²) in [6.07, 6.45) is 1.07. The highest BCUT2D eigenvalue weighted by Crippen LogP contribution is 2.34. The van der Waals surface area contributed by atoms with E-state index in [1.165, 1.54) is 12.1 Å². The Hall–Kier alpha value is -4.08. The molecule has 0 saturated heterocycles. The number of rotatable bonds is 6. The number of halogens is 1. The zero-order chi connectivity index (χ0) is 21.0. The molecule has 2 aromatic carbocycles. The van der Waals surface area contributed by atoms with E-state index in [4.69, 9.17) is 4.74 Å². The maximum Gasteiger partial charge on any atom is 0.374 e. The van der Waals surface area contributed by atoms with Gasteiger partial charge >= 0.3 is 11.6 Å². The molecule has 0 bridgehead atoms. The molecule has 1 amide bonds. The Labute approximate surface area is 164 Å². The smallest absolute Gasteiger partial charge is 0.374 e. The van der Waals surface area contributed by atoms with Gasteiger partial charge in [0, 0.05) is 5.56 Å². The average molecular weight is 397 g/mol. The minimum Gasteiger partial charge on any atom is -0.434 e. The summed E-state index contributed by atoms with van der Waals surface area (Å²) >= 11 is 0. The van der Waals surface area contributed by atoms with Crippen LogP contribution in [-0.2, 0) is 0 Å². The Morgan fingerprint density at radius 2 is 1.76 bits per heavy atom. The maximum atomic E-state index is 13.0. The fourth-order valence-electron chi connectivity index (χ4n) is 2.59. The third kappa shape index (κ3) is 4.80. The third-order valence-electron chi connectivity index (χ3n) is 3.78. The van der Waals surface area contributed by atoms with E-state index in [0.29, 0.717) is 5.75 Å². The Bertz CT molecular complexity index is 1050. The van der Waals surface area contributed by atoms with Gasteiger partial charge in [-0.25, -0.2) is 9.37 Å². The molecule has 0 aliphatic heterocycles. The van der Waals surface area contributed by atoms with Crippen LogP contribution < -0.4 is 15.6 Å². The number of nitrogens with zero attached hydrogens (tertiary/aromatic N) is 3. The van der Waals surface area contributed by atoms with E-state index in [1.807, 2.05) is 19.9 Å². The summed E-state index contributed by atoms with van der Waals surface area (Å²) in [6, 6.07) is 10.1. The van der Waals surface area contributed by atoms with E-state index >= 15 is 0 Å². The largest absolute Gasteiger partial charge is 0.434 e. The number of carbonyl (C=O) groups is 1. The van der Waals surface area contributed by atoms with Crippen molar-refractivity contribution in [3.8, 4) is 11.6 Å². The van der Waals surface area contributed by atoms with Crippen molar-refractivity contribution in [2.45, 2.75) is 13.8 Å². The van der Waals surface area contributed by atoms with Crippen molar-refractivity contribution in [3.05, 3.63) is 81.4 Å². The first-order valence-electron chi connectivity index (χ1n) is 8.41. The number of ether oxygens (including phenoxy) is 1. The van der Waals surface area contributed by atoms with Crippen LogP contribution in [0, 0.1) is 29.8 Å². The molecule has 1 aromatic heterocycles. The second-order valence-electron chi connectivity index (χ2n) is 6.14. The van der Waals surface area contributed by atoms with Crippen LogP contribution in [0.2, 0.25) is 0 Å². The van der Waals surface area contributed by atoms with Gasteiger partial charge in [0.15, 0.2) is 0 Å². The average Bonchev–Trinajstić information content (AvgIpc) is 2.65. The highest BCUT2D eigenvalue weighted by Gasteiger charge is 2.25. The number of carbonyl (C=O) groups excluding carboxylic acids is 1. The normalized spacial score (nSPS) is 10.3. The predicted octanol–water partition coefficient (Wildman–Crippen LogP) is 3.69. The molecular formula is C19H16FN5O4. The van der Waals surface area contributed by atoms with Gasteiger partial charge in [-0.1, -0.05) is 6.07 Å². The summed E-state index contributed by atoms with van der Waals surface area (Å²) in [6.45, 7) is 3.73. The lowest BCUT2D eigenvalue weighted by Crippen LogP contribution is -2.30. The van der Waals surface area contributed by atoms with Crippen molar-refractivity contribution in [1.29, 1.82) is 0 Å². The van der Waals surface area contributed by atoms with E-state index in [2.05, 4.69) is 20.8 Å². The number of amides is 1. The summed E-state index contributed by atoms with van der Waals surface area (Å²) in [4.78, 5) is 30.6. The van der Waals surface area contributed by atoms with Crippen LogP contribution in [0.25, 0.3) is 0 Å². The quantitative estimate of drug-likeness (QED) is 0.481. The monoisotopic (exact) mass is 397 g/mol. The van der Waals surface area contributed by atoms with Crippen molar-refractivity contribution in [2.75, 3.05) is 5.43 Å². The molecule has 10 heteroatoms. The van der Waals surface area contributed by atoms with Crippen molar-refractivity contribution in [1.82, 2.24) is 15.4 Å². The summed E-state index contributed by atoms with van der Waals surface area (Å²) < 4.78 is 18.6. The molecule has 3 rings (SSSR count). The maximum absolute atomic E-state index is 13.0. The molecule has 0 unspecified atom stereocenters. The minimum absolute atomic E-state index is 0.155. The van der Waals surface area contributed by atoms with Gasteiger partial charge in [0.05, 0.1) is 4.92 Å². The van der Waals surface area contributed by atoms with Crippen LogP contribution in [0.1, 0.15) is 21.5 Å². The lowest BCUT2D eigenvalue weighted by atomic mass is 10.1. The van der Waals surface area contributed by atoms with Crippen LogP contribution in [0.15, 0.2) is 48.8 Å². The zero-order valence-corrected chi connectivity index (χ0v) is 15.5. The summed E-state index contributed by atoms with van der Waals surface area (Å²) in [7, 11) is 0. The summed E-state index contributed by atoms with van der Waals surface area (Å²) in [5, 5.41) is 11.6. The van der Waals surface area contributed by atoms with Gasteiger partial charge in [0.2, 0.25) is 5.82 Å². The van der Waals surface area contributed by atoms with Gasteiger partial charge in [0.25, 0.3) is 5.91 Å². The van der Waals surface area contributed by atoms with Gasteiger partial charge in [-0.15, -0.1) is 0 Å². The minimum atomic E-state index is -0.718. The highest BCUT2D eigenvalue weighted by atomic mass is 19.1. The third-order valence-corrected chi connectivity index (χ3v) is 3.78. The number of nitro groups is 1. The van der Waals surface area contributed by atoms with Crippen LogP contribution >= 0.6 is 0 Å². The Morgan fingerprint density at radius 3 is 2.38 bits per heavy atom. The first kappa shape index (κ1) is 19.7. The number of hydrazine groups is 1. The molecule has 9 nitrogen and oxygen atoms in total. The van der Waals surface area contributed by atoms with E-state index in [-0.39, 0.29) is 17.3 Å². The summed E-state index contributed by atoms with van der Waals surface area (Å²) in [5.41, 5.74) is 6.11. The second kappa shape index (κ2) is 8.30. The molecule has 3 aromatic rings. The van der Waals surface area contributed by atoms with Crippen molar-refractivity contribution < 1.29 is 18.8 Å². The van der Waals surface area contributed by atoms with E-state index in [0.717, 1.165) is 29.6 Å². The Balaban J connectivity index is 1.83. The molecule has 29 heavy (non-hydrogen) atoms. The zero-order valence-electron chi connectivity index (χ0n) is 15.5. The lowest BCUT2D eigenvalue weighted by molar-refractivity contribution is -0.385. The molecule has 0 fully saturated rings. The van der Waals surface area contributed by atoms with Crippen molar-refractivity contribution in [2.24, 2.45) is 0 Å². The van der Waals surface area contributed by atoms with Crippen molar-refractivity contribution >= 4 is 17.4 Å². The Kier molecular flexibility index (Phi) is 5.63. The van der Waals surface area contributed by atoms with Gasteiger partial charge in [-0.2, -0.15) is 4.98 Å². The number of benzene rings is 2. The van der Waals surface area contributed by atoms with E-state index in [1.54, 1.807) is 12.1 Å². The molecular weight excluding hydrogens is 381 g/mol. The van der Waals surface area contributed by atoms with E-state index < -0.39 is 22.3 Å². The molecule has 0 aliphatic carbocycles. The lowest BCUT2D eigenvalue weighted by Gasteiger charge is -2.11. The number of hydrogen-bond acceptors (Lipinski definition) is 7. The molecule has 0 atom stereocenters. The number of hydrogen-bond donors (Lipinski definition) is 2. The fraction of sp³-hybridized carbons (Fsp3) is 0.105. The van der Waals surface area contributed by atoms with Gasteiger partial charge in [0.1, 0.15) is 17.9 Å². The van der Waals surface area contributed by atoms with Crippen LogP contribution in [0.4, 0.5) is 15.9 Å². The number of nitrogens with one attached hydrogen (secondary N) is 2. The number of aromatic nitrogens is 2. The molecule has 2 N–H and O–H groups in total. The molecule has 1 heterocycles. The summed E-state index contributed by atoms with van der Waals surface area (Å²) in [5.74, 6) is -1.29. The first-order chi connectivity index (χ1) is 13.8.